The smallest absolute Gasteiger partial charge is 0.265 e. The highest BCUT2D eigenvalue weighted by Gasteiger charge is 2.20. The molecule has 0 aliphatic heterocycles. The Balaban J connectivity index is 1.71. The normalized spacial score (nSPS) is 11.9. The maximum Gasteiger partial charge on any atom is 0.265 e. The van der Waals surface area contributed by atoms with Crippen LogP contribution in [0, 0.1) is 13.8 Å². The summed E-state index contributed by atoms with van der Waals surface area (Å²) in [6, 6.07) is 14.9. The van der Waals surface area contributed by atoms with Crippen LogP contribution in [0.25, 0.3) is 0 Å². The number of rotatable bonds is 6. The van der Waals surface area contributed by atoms with Gasteiger partial charge in [-0.1, -0.05) is 53.5 Å². The summed E-state index contributed by atoms with van der Waals surface area (Å²) in [6.07, 6.45) is -0.741. The summed E-state index contributed by atoms with van der Waals surface area (Å²) in [6.45, 7) is 6.10. The molecular weight excluding hydrogens is 397 g/mol. The molecule has 146 valence electrons. The Morgan fingerprint density at radius 1 is 1.18 bits per heavy atom. The van der Waals surface area contributed by atoms with Crippen LogP contribution in [0.4, 0.5) is 5.69 Å². The van der Waals surface area contributed by atoms with E-state index in [0.29, 0.717) is 28.0 Å². The van der Waals surface area contributed by atoms with E-state index in [0.717, 1.165) is 17.0 Å². The molecule has 2 aromatic carbocycles. The Morgan fingerprint density at radius 2 is 1.89 bits per heavy atom. The van der Waals surface area contributed by atoms with Crippen LogP contribution in [-0.2, 0) is 11.3 Å². The highest BCUT2D eigenvalue weighted by molar-refractivity contribution is 6.35. The van der Waals surface area contributed by atoms with Crippen molar-refractivity contribution >= 4 is 34.8 Å². The molecule has 1 heterocycles. The van der Waals surface area contributed by atoms with Gasteiger partial charge < -0.3 is 10.1 Å². The molecule has 1 N–H and O–H groups in total. The molecule has 0 unspecified atom stereocenters. The number of ether oxygens (including phenoxy) is 1. The summed E-state index contributed by atoms with van der Waals surface area (Å²) in [7, 11) is 0. The van der Waals surface area contributed by atoms with Crippen LogP contribution in [0.15, 0.2) is 48.5 Å². The first-order valence-electron chi connectivity index (χ1n) is 8.85. The van der Waals surface area contributed by atoms with Crippen LogP contribution in [0.1, 0.15) is 23.9 Å². The Morgan fingerprint density at radius 3 is 2.57 bits per heavy atom. The van der Waals surface area contributed by atoms with E-state index in [1.54, 1.807) is 25.1 Å². The average molecular weight is 418 g/mol. The third kappa shape index (κ3) is 4.66. The number of carbonyl (C=O) groups excluding carboxylic acids is 1. The van der Waals surface area contributed by atoms with Crippen LogP contribution in [0.3, 0.4) is 0 Å². The first-order chi connectivity index (χ1) is 13.3. The Kier molecular flexibility index (Phi) is 6.27. The first-order valence-corrected chi connectivity index (χ1v) is 9.61. The van der Waals surface area contributed by atoms with Gasteiger partial charge in [0.05, 0.1) is 28.6 Å². The Bertz CT molecular complexity index is 987. The Labute approximate surface area is 174 Å². The number of amides is 1. The Hall–Kier alpha value is -2.50. The minimum absolute atomic E-state index is 0.281. The molecule has 0 fully saturated rings. The third-order valence-electron chi connectivity index (χ3n) is 4.37. The summed E-state index contributed by atoms with van der Waals surface area (Å²) < 4.78 is 7.56. The topological polar surface area (TPSA) is 56.2 Å². The van der Waals surface area contributed by atoms with Gasteiger partial charge in [-0.25, -0.2) is 0 Å². The van der Waals surface area contributed by atoms with Crippen molar-refractivity contribution in [1.82, 2.24) is 9.78 Å². The maximum absolute atomic E-state index is 12.6. The van der Waals surface area contributed by atoms with E-state index in [4.69, 9.17) is 27.9 Å². The molecular formula is C21H21Cl2N3O2. The van der Waals surface area contributed by atoms with Gasteiger partial charge in [0.25, 0.3) is 5.91 Å². The number of hydrogen-bond acceptors (Lipinski definition) is 3. The lowest BCUT2D eigenvalue weighted by Crippen LogP contribution is -2.30. The summed E-state index contributed by atoms with van der Waals surface area (Å²) in [5, 5.41) is 8.33. The SMILES string of the molecule is Cc1nn(Cc2ccccc2)c(C)c1NC(=O)[C@H](C)Oc1ccc(Cl)cc1Cl. The van der Waals surface area contributed by atoms with Crippen molar-refractivity contribution in [3.05, 3.63) is 75.5 Å². The fourth-order valence-corrected chi connectivity index (χ4v) is 3.28. The summed E-state index contributed by atoms with van der Waals surface area (Å²) in [5.41, 5.74) is 3.46. The van der Waals surface area contributed by atoms with Gasteiger partial charge >= 0.3 is 0 Å². The van der Waals surface area contributed by atoms with Gasteiger partial charge in [-0.2, -0.15) is 5.10 Å². The molecule has 3 aromatic rings. The van der Waals surface area contributed by atoms with E-state index in [2.05, 4.69) is 10.4 Å². The molecule has 0 aliphatic rings. The minimum atomic E-state index is -0.741. The van der Waals surface area contributed by atoms with Crippen molar-refractivity contribution in [2.24, 2.45) is 0 Å². The molecule has 1 atom stereocenters. The number of anilines is 1. The van der Waals surface area contributed by atoms with E-state index in [1.165, 1.54) is 0 Å². The van der Waals surface area contributed by atoms with Crippen molar-refractivity contribution in [3.8, 4) is 5.75 Å². The second-order valence-corrected chi connectivity index (χ2v) is 7.36. The highest BCUT2D eigenvalue weighted by atomic mass is 35.5. The molecule has 7 heteroatoms. The second-order valence-electron chi connectivity index (χ2n) is 6.51. The van der Waals surface area contributed by atoms with E-state index in [-0.39, 0.29) is 5.91 Å². The molecule has 28 heavy (non-hydrogen) atoms. The zero-order valence-corrected chi connectivity index (χ0v) is 17.4. The van der Waals surface area contributed by atoms with Crippen molar-refractivity contribution in [3.63, 3.8) is 0 Å². The van der Waals surface area contributed by atoms with Crippen LogP contribution < -0.4 is 10.1 Å². The average Bonchev–Trinajstić information content (AvgIpc) is 2.92. The van der Waals surface area contributed by atoms with Crippen molar-refractivity contribution in [2.75, 3.05) is 5.32 Å². The molecule has 1 amide bonds. The maximum atomic E-state index is 12.6. The minimum Gasteiger partial charge on any atom is -0.479 e. The van der Waals surface area contributed by atoms with Crippen LogP contribution in [0.5, 0.6) is 5.75 Å². The van der Waals surface area contributed by atoms with Gasteiger partial charge in [0, 0.05) is 5.02 Å². The van der Waals surface area contributed by atoms with Gasteiger partial charge in [-0.05, 0) is 44.5 Å². The van der Waals surface area contributed by atoms with E-state index >= 15 is 0 Å². The fraction of sp³-hybridized carbons (Fsp3) is 0.238. The molecule has 0 aliphatic carbocycles. The number of benzene rings is 2. The molecule has 0 spiro atoms. The van der Waals surface area contributed by atoms with Gasteiger partial charge in [0.1, 0.15) is 5.75 Å². The zero-order chi connectivity index (χ0) is 20.3. The lowest BCUT2D eigenvalue weighted by Gasteiger charge is -2.16. The van der Waals surface area contributed by atoms with E-state index in [9.17, 15) is 4.79 Å². The van der Waals surface area contributed by atoms with Crippen LogP contribution in [-0.4, -0.2) is 21.8 Å². The number of aromatic nitrogens is 2. The third-order valence-corrected chi connectivity index (χ3v) is 4.90. The molecule has 3 rings (SSSR count). The number of hydrogen-bond donors (Lipinski definition) is 1. The van der Waals surface area contributed by atoms with Gasteiger partial charge in [0.15, 0.2) is 6.10 Å². The summed E-state index contributed by atoms with van der Waals surface area (Å²) in [5.74, 6) is 0.124. The van der Waals surface area contributed by atoms with Gasteiger partial charge in [-0.15, -0.1) is 0 Å². The highest BCUT2D eigenvalue weighted by Crippen LogP contribution is 2.28. The van der Waals surface area contributed by atoms with Crippen LogP contribution >= 0.6 is 23.2 Å². The lowest BCUT2D eigenvalue weighted by molar-refractivity contribution is -0.122. The molecule has 5 nitrogen and oxygen atoms in total. The van der Waals surface area contributed by atoms with Crippen molar-refractivity contribution < 1.29 is 9.53 Å². The molecule has 0 saturated carbocycles. The first kappa shape index (κ1) is 20.2. The monoisotopic (exact) mass is 417 g/mol. The number of nitrogens with zero attached hydrogens (tertiary/aromatic N) is 2. The van der Waals surface area contributed by atoms with E-state index < -0.39 is 6.10 Å². The molecule has 1 aromatic heterocycles. The molecule has 0 radical (unpaired) electrons. The van der Waals surface area contributed by atoms with Crippen molar-refractivity contribution in [1.29, 1.82) is 0 Å². The van der Waals surface area contributed by atoms with Crippen molar-refractivity contribution in [2.45, 2.75) is 33.4 Å². The number of nitrogens with one attached hydrogen (secondary N) is 1. The number of carbonyl (C=O) groups is 1. The van der Waals surface area contributed by atoms with Crippen LogP contribution in [0.2, 0.25) is 10.0 Å². The quantitative estimate of drug-likeness (QED) is 0.594. The number of aryl methyl sites for hydroxylation is 1. The zero-order valence-electron chi connectivity index (χ0n) is 15.9. The largest absolute Gasteiger partial charge is 0.479 e. The molecule has 0 bridgehead atoms. The fourth-order valence-electron chi connectivity index (χ4n) is 2.83. The number of halogens is 2. The second kappa shape index (κ2) is 8.67. The molecule has 0 saturated heterocycles. The summed E-state index contributed by atoms with van der Waals surface area (Å²) in [4.78, 5) is 12.6. The van der Waals surface area contributed by atoms with Gasteiger partial charge in [-0.3, -0.25) is 9.48 Å². The predicted molar refractivity (Wildman–Crippen MR) is 112 cm³/mol. The predicted octanol–water partition coefficient (Wildman–Crippen LogP) is 5.26. The lowest BCUT2D eigenvalue weighted by atomic mass is 10.2. The summed E-state index contributed by atoms with van der Waals surface area (Å²) >= 11 is 12.0. The standard InChI is InChI=1S/C21H21Cl2N3O2/c1-13-20(14(2)26(25-13)12-16-7-5-4-6-8-16)24-21(27)15(3)28-19-10-9-17(22)11-18(19)23/h4-11,15H,12H2,1-3H3,(H,24,27)/t15-/m0/s1. The van der Waals surface area contributed by atoms with Gasteiger partial charge in [0.2, 0.25) is 0 Å². The van der Waals surface area contributed by atoms with E-state index in [1.807, 2.05) is 48.9 Å².